The number of nitrogens with one attached hydrogen (secondary N) is 2. The highest BCUT2D eigenvalue weighted by Crippen LogP contribution is 2.36. The minimum absolute atomic E-state index is 0.0229. The van der Waals surface area contributed by atoms with Crippen LogP contribution in [0.2, 0.25) is 0 Å². The number of fused-ring (bicyclic) bond motifs is 2. The van der Waals surface area contributed by atoms with Crippen molar-refractivity contribution in [3.63, 3.8) is 0 Å². The van der Waals surface area contributed by atoms with Crippen LogP contribution < -0.4 is 16.0 Å². The van der Waals surface area contributed by atoms with Crippen LogP contribution in [-0.2, 0) is 22.7 Å². The van der Waals surface area contributed by atoms with Gasteiger partial charge in [-0.1, -0.05) is 0 Å². The molecule has 37 heavy (non-hydrogen) atoms. The largest absolute Gasteiger partial charge is 0.467 e. The van der Waals surface area contributed by atoms with Gasteiger partial charge in [-0.3, -0.25) is 9.59 Å². The van der Waals surface area contributed by atoms with Crippen LogP contribution in [0.4, 0.5) is 13.2 Å². The normalized spacial score (nSPS) is 12.4. The van der Waals surface area contributed by atoms with Crippen molar-refractivity contribution >= 4 is 49.1 Å². The second-order valence-electron chi connectivity index (χ2n) is 8.07. The number of rotatable bonds is 5. The first kappa shape index (κ1) is 24.6. The molecule has 5 rings (SSSR count). The van der Waals surface area contributed by atoms with Crippen molar-refractivity contribution in [2.45, 2.75) is 12.7 Å². The van der Waals surface area contributed by atoms with E-state index in [-0.39, 0.29) is 34.1 Å². The molecule has 0 spiro atoms. The molecule has 10 nitrogen and oxygen atoms in total. The Labute approximate surface area is 208 Å². The Morgan fingerprint density at radius 1 is 1.16 bits per heavy atom. The third-order valence-electron chi connectivity index (χ3n) is 5.51. The summed E-state index contributed by atoms with van der Waals surface area (Å²) in [5.74, 6) is -0.989. The lowest BCUT2D eigenvalue weighted by atomic mass is 10.1. The molecular formula is C22H15F3N4O6S2. The molecule has 15 heteroatoms. The summed E-state index contributed by atoms with van der Waals surface area (Å²) in [7, 11) is -4.15. The second kappa shape index (κ2) is 8.48. The van der Waals surface area contributed by atoms with Gasteiger partial charge < -0.3 is 14.0 Å². The Morgan fingerprint density at radius 2 is 1.92 bits per heavy atom. The van der Waals surface area contributed by atoms with Gasteiger partial charge in [0.2, 0.25) is 10.0 Å². The number of aromatic nitrogens is 3. The highest BCUT2D eigenvalue weighted by atomic mass is 32.2. The van der Waals surface area contributed by atoms with Crippen molar-refractivity contribution in [2.24, 2.45) is 0 Å². The zero-order chi connectivity index (χ0) is 26.7. The molecule has 0 aliphatic heterocycles. The van der Waals surface area contributed by atoms with Gasteiger partial charge in [0.15, 0.2) is 0 Å². The summed E-state index contributed by atoms with van der Waals surface area (Å²) >= 11 is 1.11. The van der Waals surface area contributed by atoms with Crippen molar-refractivity contribution in [1.29, 1.82) is 0 Å². The van der Waals surface area contributed by atoms with Gasteiger partial charge in [-0.05, 0) is 30.3 Å². The van der Waals surface area contributed by atoms with E-state index in [9.17, 15) is 36.0 Å². The number of benzene rings is 1. The molecular weight excluding hydrogens is 537 g/mol. The van der Waals surface area contributed by atoms with Crippen molar-refractivity contribution in [3.05, 3.63) is 85.2 Å². The van der Waals surface area contributed by atoms with Crippen molar-refractivity contribution in [2.75, 3.05) is 6.26 Å². The van der Waals surface area contributed by atoms with Gasteiger partial charge in [0.25, 0.3) is 11.5 Å². The number of hydrogen-bond acceptors (Lipinski definition) is 7. The Kier molecular flexibility index (Phi) is 5.64. The number of alkyl halides is 3. The molecule has 0 radical (unpaired) electrons. The summed E-state index contributed by atoms with van der Waals surface area (Å²) in [6.07, 6.45) is -2.75. The van der Waals surface area contributed by atoms with Gasteiger partial charge in [-0.25, -0.2) is 22.5 Å². The Hall–Kier alpha value is -4.11. The van der Waals surface area contributed by atoms with Gasteiger partial charge in [-0.15, -0.1) is 11.3 Å². The maximum absolute atomic E-state index is 13.7. The second-order valence-corrected chi connectivity index (χ2v) is 10.6. The predicted octanol–water partition coefficient (Wildman–Crippen LogP) is 3.04. The summed E-state index contributed by atoms with van der Waals surface area (Å²) in [5, 5.41) is 2.71. The minimum Gasteiger partial charge on any atom is -0.467 e. The average Bonchev–Trinajstić information content (AvgIpc) is 3.52. The van der Waals surface area contributed by atoms with E-state index in [1.54, 1.807) is 10.8 Å². The average molecular weight is 553 g/mol. The van der Waals surface area contributed by atoms with Crippen LogP contribution in [0.5, 0.6) is 0 Å². The summed E-state index contributed by atoms with van der Waals surface area (Å²) in [5.41, 5.74) is -3.84. The fourth-order valence-corrected chi connectivity index (χ4v) is 5.24. The molecule has 4 aromatic heterocycles. The predicted molar refractivity (Wildman–Crippen MR) is 129 cm³/mol. The highest BCUT2D eigenvalue weighted by molar-refractivity contribution is 7.89. The van der Waals surface area contributed by atoms with Gasteiger partial charge in [0.05, 0.1) is 46.7 Å². The zero-order valence-electron chi connectivity index (χ0n) is 18.6. The number of H-pyrrole nitrogens is 1. The lowest BCUT2D eigenvalue weighted by Gasteiger charge is -2.12. The number of thiophene rings is 1. The molecule has 0 fully saturated rings. The molecule has 1 aromatic carbocycles. The topological polar surface area (TPSA) is 136 Å². The third kappa shape index (κ3) is 4.35. The maximum Gasteiger partial charge on any atom is 0.416 e. The van der Waals surface area contributed by atoms with Gasteiger partial charge in [0.1, 0.15) is 11.5 Å². The van der Waals surface area contributed by atoms with E-state index in [0.717, 1.165) is 23.5 Å². The number of furan rings is 1. The van der Waals surface area contributed by atoms with Crippen LogP contribution >= 0.6 is 11.3 Å². The zero-order valence-corrected chi connectivity index (χ0v) is 20.3. The quantitative estimate of drug-likeness (QED) is 0.344. The highest BCUT2D eigenvalue weighted by Gasteiger charge is 2.34. The van der Waals surface area contributed by atoms with Crippen molar-refractivity contribution in [3.8, 4) is 5.69 Å². The monoisotopic (exact) mass is 552 g/mol. The van der Waals surface area contributed by atoms with E-state index in [1.807, 2.05) is 0 Å². The van der Waals surface area contributed by atoms with Crippen LogP contribution in [0.15, 0.2) is 61.4 Å². The molecule has 0 saturated carbocycles. The van der Waals surface area contributed by atoms with Crippen molar-refractivity contribution in [1.82, 2.24) is 18.8 Å². The summed E-state index contributed by atoms with van der Waals surface area (Å²) < 4.78 is 73.6. The number of halogens is 3. The first-order valence-electron chi connectivity index (χ1n) is 10.3. The molecule has 192 valence electrons. The minimum atomic E-state index is -4.79. The SMILES string of the molecule is CS(=O)(=O)NC(=O)c1c(-n2c(=O)[nH]c3cscc3c2=O)c2cc(C(F)(F)F)ccc2n1Cc1ccco1. The molecule has 0 unspecified atom stereocenters. The summed E-state index contributed by atoms with van der Waals surface area (Å²) in [4.78, 5) is 42.2. The van der Waals surface area contributed by atoms with Crippen LogP contribution in [0.1, 0.15) is 21.8 Å². The number of carbonyl (C=O) groups is 1. The van der Waals surface area contributed by atoms with E-state index < -0.39 is 50.3 Å². The number of hydrogen-bond donors (Lipinski definition) is 2. The number of carbonyl (C=O) groups excluding carboxylic acids is 1. The van der Waals surface area contributed by atoms with Crippen LogP contribution in [0.3, 0.4) is 0 Å². The first-order valence-corrected chi connectivity index (χ1v) is 13.2. The van der Waals surface area contributed by atoms with E-state index in [2.05, 4.69) is 4.98 Å². The Bertz CT molecular complexity index is 1910. The molecule has 2 N–H and O–H groups in total. The van der Waals surface area contributed by atoms with E-state index in [4.69, 9.17) is 4.42 Å². The maximum atomic E-state index is 13.7. The van der Waals surface area contributed by atoms with E-state index in [1.165, 1.54) is 27.7 Å². The van der Waals surface area contributed by atoms with Crippen LogP contribution in [0.25, 0.3) is 27.5 Å². The molecule has 1 amide bonds. The van der Waals surface area contributed by atoms with Gasteiger partial charge in [0, 0.05) is 16.1 Å². The Morgan fingerprint density at radius 3 is 2.57 bits per heavy atom. The standard InChI is InChI=1S/C22H15F3N4O6S2/c1-37(33,34)27-19(30)18-17(29-20(31)14-9-36-10-15(14)26-21(29)32)13-7-11(22(23,24)25)4-5-16(13)28(18)8-12-3-2-6-35-12/h2-7,9-10H,8H2,1H3,(H,26,32)(H,27,30). The fourth-order valence-electron chi connectivity index (χ4n) is 4.06. The smallest absolute Gasteiger partial charge is 0.416 e. The molecule has 0 aliphatic rings. The van der Waals surface area contributed by atoms with Crippen LogP contribution in [0, 0.1) is 0 Å². The Balaban J connectivity index is 1.96. The number of sulfonamides is 1. The summed E-state index contributed by atoms with van der Waals surface area (Å²) in [6.45, 7) is -0.227. The van der Waals surface area contributed by atoms with E-state index >= 15 is 0 Å². The molecule has 4 heterocycles. The summed E-state index contributed by atoms with van der Waals surface area (Å²) in [6, 6.07) is 5.62. The van der Waals surface area contributed by atoms with Gasteiger partial charge >= 0.3 is 11.9 Å². The lowest BCUT2D eigenvalue weighted by molar-refractivity contribution is -0.137. The van der Waals surface area contributed by atoms with Crippen LogP contribution in [-0.4, -0.2) is 34.7 Å². The molecule has 0 aliphatic carbocycles. The molecule has 0 saturated heterocycles. The van der Waals surface area contributed by atoms with Gasteiger partial charge in [-0.2, -0.15) is 13.2 Å². The fraction of sp³-hybridized carbons (Fsp3) is 0.136. The van der Waals surface area contributed by atoms with E-state index in [0.29, 0.717) is 16.9 Å². The molecule has 5 aromatic rings. The third-order valence-corrected chi connectivity index (χ3v) is 6.81. The lowest BCUT2D eigenvalue weighted by Crippen LogP contribution is -2.37. The first-order chi connectivity index (χ1) is 17.3. The van der Waals surface area contributed by atoms with Crippen molar-refractivity contribution < 1.29 is 30.8 Å². The molecule has 0 bridgehead atoms. The number of nitrogens with zero attached hydrogens (tertiary/aromatic N) is 2. The molecule has 0 atom stereocenters. The number of aromatic amines is 1. The number of amides is 1.